The summed E-state index contributed by atoms with van der Waals surface area (Å²) in [6.07, 6.45) is 3.60. The lowest BCUT2D eigenvalue weighted by atomic mass is 9.84. The van der Waals surface area contributed by atoms with Gasteiger partial charge in [0.15, 0.2) is 9.84 Å². The van der Waals surface area contributed by atoms with Crippen LogP contribution < -0.4 is 5.73 Å². The molecule has 1 aromatic carbocycles. The van der Waals surface area contributed by atoms with Crippen molar-refractivity contribution in [3.8, 4) is 0 Å². The summed E-state index contributed by atoms with van der Waals surface area (Å²) in [5.41, 5.74) is 6.90. The number of rotatable bonds is 3. The van der Waals surface area contributed by atoms with Crippen LogP contribution in [-0.2, 0) is 9.84 Å². The average molecular weight is 281 g/mol. The minimum atomic E-state index is -3.31. The normalized spacial score (nSPS) is 28.3. The van der Waals surface area contributed by atoms with Crippen molar-refractivity contribution >= 4 is 9.84 Å². The molecule has 0 bridgehead atoms. The van der Waals surface area contributed by atoms with Crippen molar-refractivity contribution in [2.45, 2.75) is 55.7 Å². The van der Waals surface area contributed by atoms with Gasteiger partial charge in [0.2, 0.25) is 0 Å². The second-order valence-electron chi connectivity index (χ2n) is 5.60. The summed E-state index contributed by atoms with van der Waals surface area (Å²) < 4.78 is 25.6. The van der Waals surface area contributed by atoms with Crippen LogP contribution in [-0.4, -0.2) is 19.7 Å². The van der Waals surface area contributed by atoms with E-state index in [2.05, 4.69) is 6.92 Å². The Morgan fingerprint density at radius 1 is 1.26 bits per heavy atom. The van der Waals surface area contributed by atoms with Gasteiger partial charge in [-0.1, -0.05) is 31.5 Å². The van der Waals surface area contributed by atoms with Gasteiger partial charge in [-0.05, 0) is 43.7 Å². The average Bonchev–Trinajstić information content (AvgIpc) is 2.39. The predicted octanol–water partition coefficient (Wildman–Crippen LogP) is 2.67. The van der Waals surface area contributed by atoms with Crippen LogP contribution in [0.25, 0.3) is 0 Å². The maximum atomic E-state index is 12.8. The number of aryl methyl sites for hydroxylation is 1. The number of sulfone groups is 1. The summed E-state index contributed by atoms with van der Waals surface area (Å²) >= 11 is 0. The van der Waals surface area contributed by atoms with E-state index < -0.39 is 15.1 Å². The summed E-state index contributed by atoms with van der Waals surface area (Å²) in [5.74, 6) is 0.489. The Balaban J connectivity index is 2.36. The van der Waals surface area contributed by atoms with Crippen LogP contribution in [0.2, 0.25) is 0 Å². The highest BCUT2D eigenvalue weighted by Crippen LogP contribution is 2.33. The van der Waals surface area contributed by atoms with Crippen molar-refractivity contribution in [3.63, 3.8) is 0 Å². The molecular formula is C15H23NO2S. The van der Waals surface area contributed by atoms with E-state index in [4.69, 9.17) is 5.73 Å². The Morgan fingerprint density at radius 3 is 2.58 bits per heavy atom. The summed E-state index contributed by atoms with van der Waals surface area (Å²) in [6, 6.07) is 6.97. The lowest BCUT2D eigenvalue weighted by molar-refractivity contribution is 0.319. The van der Waals surface area contributed by atoms with E-state index >= 15 is 0 Å². The van der Waals surface area contributed by atoms with E-state index in [1.807, 2.05) is 19.1 Å². The van der Waals surface area contributed by atoms with Gasteiger partial charge < -0.3 is 5.73 Å². The van der Waals surface area contributed by atoms with Gasteiger partial charge >= 0.3 is 0 Å². The van der Waals surface area contributed by atoms with Gasteiger partial charge in [-0.3, -0.25) is 0 Å². The van der Waals surface area contributed by atoms with Gasteiger partial charge in [0, 0.05) is 6.04 Å². The van der Waals surface area contributed by atoms with Crippen LogP contribution in [0.3, 0.4) is 0 Å². The zero-order valence-electron chi connectivity index (χ0n) is 11.7. The van der Waals surface area contributed by atoms with Gasteiger partial charge in [-0.2, -0.15) is 0 Å². The highest BCUT2D eigenvalue weighted by Gasteiger charge is 2.38. The van der Waals surface area contributed by atoms with Crippen molar-refractivity contribution in [1.29, 1.82) is 0 Å². The first-order valence-electron chi connectivity index (χ1n) is 7.02. The lowest BCUT2D eigenvalue weighted by Crippen LogP contribution is -2.45. The molecule has 19 heavy (non-hydrogen) atoms. The first-order chi connectivity index (χ1) is 8.96. The van der Waals surface area contributed by atoms with Crippen LogP contribution in [0.15, 0.2) is 29.2 Å². The van der Waals surface area contributed by atoms with Crippen molar-refractivity contribution in [1.82, 2.24) is 0 Å². The van der Waals surface area contributed by atoms with E-state index in [1.54, 1.807) is 12.1 Å². The molecule has 0 radical (unpaired) electrons. The zero-order valence-corrected chi connectivity index (χ0v) is 12.5. The summed E-state index contributed by atoms with van der Waals surface area (Å²) in [6.45, 7) is 3.97. The molecule has 4 heteroatoms. The Labute approximate surface area is 116 Å². The van der Waals surface area contributed by atoms with E-state index in [0.717, 1.165) is 24.8 Å². The SMILES string of the molecule is CCC1CCC(N)C(S(=O)(=O)c2ccccc2C)C1. The first-order valence-corrected chi connectivity index (χ1v) is 8.56. The van der Waals surface area contributed by atoms with Crippen LogP contribution in [0.1, 0.15) is 38.2 Å². The van der Waals surface area contributed by atoms with E-state index in [-0.39, 0.29) is 6.04 Å². The van der Waals surface area contributed by atoms with Crippen molar-refractivity contribution in [2.75, 3.05) is 0 Å². The fraction of sp³-hybridized carbons (Fsp3) is 0.600. The van der Waals surface area contributed by atoms with Gasteiger partial charge in [-0.25, -0.2) is 8.42 Å². The number of hydrogen-bond acceptors (Lipinski definition) is 3. The van der Waals surface area contributed by atoms with Crippen LogP contribution >= 0.6 is 0 Å². The Morgan fingerprint density at radius 2 is 1.95 bits per heavy atom. The molecule has 106 valence electrons. The predicted molar refractivity (Wildman–Crippen MR) is 77.8 cm³/mol. The summed E-state index contributed by atoms with van der Waals surface area (Å²) in [7, 11) is -3.31. The first kappa shape index (κ1) is 14.5. The Hall–Kier alpha value is -0.870. The van der Waals surface area contributed by atoms with Gasteiger partial charge in [0.05, 0.1) is 10.1 Å². The zero-order chi connectivity index (χ0) is 14.0. The van der Waals surface area contributed by atoms with Crippen LogP contribution in [0.5, 0.6) is 0 Å². The van der Waals surface area contributed by atoms with E-state index in [9.17, 15) is 8.42 Å². The molecule has 0 heterocycles. The molecule has 3 atom stereocenters. The number of nitrogens with two attached hydrogens (primary N) is 1. The molecule has 1 aliphatic carbocycles. The number of benzene rings is 1. The van der Waals surface area contributed by atoms with Crippen molar-refractivity contribution < 1.29 is 8.42 Å². The molecule has 0 spiro atoms. The highest BCUT2D eigenvalue weighted by atomic mass is 32.2. The van der Waals surface area contributed by atoms with Crippen LogP contribution in [0.4, 0.5) is 0 Å². The fourth-order valence-electron chi connectivity index (χ4n) is 3.00. The lowest BCUT2D eigenvalue weighted by Gasteiger charge is -2.33. The minimum Gasteiger partial charge on any atom is -0.327 e. The molecule has 0 aliphatic heterocycles. The highest BCUT2D eigenvalue weighted by molar-refractivity contribution is 7.92. The molecule has 1 aliphatic rings. The maximum Gasteiger partial charge on any atom is 0.183 e. The van der Waals surface area contributed by atoms with Gasteiger partial charge in [0.25, 0.3) is 0 Å². The maximum absolute atomic E-state index is 12.8. The van der Waals surface area contributed by atoms with E-state index in [0.29, 0.717) is 17.2 Å². The smallest absolute Gasteiger partial charge is 0.183 e. The third-order valence-corrected chi connectivity index (χ3v) is 6.74. The van der Waals surface area contributed by atoms with E-state index in [1.165, 1.54) is 0 Å². The summed E-state index contributed by atoms with van der Waals surface area (Å²) in [4.78, 5) is 0.451. The third kappa shape index (κ3) is 2.84. The standard InChI is InChI=1S/C15H23NO2S/c1-3-12-8-9-13(16)15(10-12)19(17,18)14-7-5-4-6-11(14)2/h4-7,12-13,15H,3,8-10,16H2,1-2H3. The minimum absolute atomic E-state index is 0.229. The molecule has 2 rings (SSSR count). The fourth-order valence-corrected chi connectivity index (χ4v) is 5.23. The molecule has 0 saturated heterocycles. The molecule has 1 saturated carbocycles. The summed E-state index contributed by atoms with van der Waals surface area (Å²) in [5, 5.41) is -0.424. The quantitative estimate of drug-likeness (QED) is 0.926. The molecule has 1 fully saturated rings. The number of hydrogen-bond donors (Lipinski definition) is 1. The van der Waals surface area contributed by atoms with Gasteiger partial charge in [0.1, 0.15) is 0 Å². The van der Waals surface area contributed by atoms with Gasteiger partial charge in [-0.15, -0.1) is 0 Å². The Kier molecular flexibility index (Phi) is 4.31. The second kappa shape index (κ2) is 5.63. The molecule has 1 aromatic rings. The second-order valence-corrected chi connectivity index (χ2v) is 7.74. The van der Waals surface area contributed by atoms with Crippen molar-refractivity contribution in [2.24, 2.45) is 11.7 Å². The third-order valence-electron chi connectivity index (χ3n) is 4.33. The molecular weight excluding hydrogens is 258 g/mol. The molecule has 2 N–H and O–H groups in total. The molecule has 3 unspecified atom stereocenters. The van der Waals surface area contributed by atoms with Crippen LogP contribution in [0, 0.1) is 12.8 Å². The molecule has 3 nitrogen and oxygen atoms in total. The monoisotopic (exact) mass is 281 g/mol. The molecule has 0 aromatic heterocycles. The largest absolute Gasteiger partial charge is 0.327 e. The molecule has 0 amide bonds. The van der Waals surface area contributed by atoms with Crippen molar-refractivity contribution in [3.05, 3.63) is 29.8 Å². The topological polar surface area (TPSA) is 60.2 Å². The Bertz CT molecular complexity index is 539.